The fourth-order valence-electron chi connectivity index (χ4n) is 0.645. The Morgan fingerprint density at radius 3 is 2.33 bits per heavy atom. The molecule has 1 heterocycles. The smallest absolute Gasteiger partial charge is 0.248 e. The average molecular weight is 308 g/mol. The van der Waals surface area contributed by atoms with Crippen molar-refractivity contribution in [3.05, 3.63) is 15.3 Å². The summed E-state index contributed by atoms with van der Waals surface area (Å²) in [5, 5.41) is 3.56. The van der Waals surface area contributed by atoms with Crippen LogP contribution in [0.3, 0.4) is 0 Å². The van der Waals surface area contributed by atoms with Gasteiger partial charge in [0.05, 0.1) is 0 Å². The van der Waals surface area contributed by atoms with Crippen molar-refractivity contribution in [1.82, 2.24) is 9.78 Å². The first-order valence-corrected chi connectivity index (χ1v) is 4.43. The van der Waals surface area contributed by atoms with E-state index in [0.29, 0.717) is 9.21 Å². The van der Waals surface area contributed by atoms with Gasteiger partial charge in [-0.3, -0.25) is 0 Å². The van der Waals surface area contributed by atoms with E-state index < -0.39 is 12.7 Å². The molecule has 1 rings (SSSR count). The lowest BCUT2D eigenvalue weighted by Gasteiger charge is -2.06. The van der Waals surface area contributed by atoms with Gasteiger partial charge in [0.2, 0.25) is 0 Å². The van der Waals surface area contributed by atoms with Gasteiger partial charge in [-0.2, -0.15) is 18.3 Å². The Bertz CT molecular complexity index is 281. The fourth-order valence-corrected chi connectivity index (χ4v) is 1.78. The molecule has 0 fully saturated rings. The summed E-state index contributed by atoms with van der Waals surface area (Å²) in [6.07, 6.45) is -4.24. The molecule has 0 saturated carbocycles. The summed E-state index contributed by atoms with van der Waals surface area (Å²) in [6.45, 7) is -1.08. The largest absolute Gasteiger partial charge is 0.408 e. The number of alkyl halides is 3. The number of hydrogen-bond donors (Lipinski definition) is 0. The van der Waals surface area contributed by atoms with E-state index in [9.17, 15) is 13.2 Å². The number of aromatic nitrogens is 2. The van der Waals surface area contributed by atoms with Crippen molar-refractivity contribution >= 4 is 31.9 Å². The lowest BCUT2D eigenvalue weighted by molar-refractivity contribution is -0.143. The zero-order valence-electron chi connectivity index (χ0n) is 5.57. The summed E-state index contributed by atoms with van der Waals surface area (Å²) in [4.78, 5) is 0. The van der Waals surface area contributed by atoms with Crippen LogP contribution in [0.2, 0.25) is 0 Å². The van der Waals surface area contributed by atoms with Crippen molar-refractivity contribution in [3.63, 3.8) is 0 Å². The van der Waals surface area contributed by atoms with Gasteiger partial charge in [-0.25, -0.2) is 4.68 Å². The van der Waals surface area contributed by atoms with Gasteiger partial charge < -0.3 is 0 Å². The van der Waals surface area contributed by atoms with Crippen LogP contribution >= 0.6 is 31.9 Å². The van der Waals surface area contributed by atoms with E-state index in [1.54, 1.807) is 0 Å². The van der Waals surface area contributed by atoms with Crippen LogP contribution in [0.5, 0.6) is 0 Å². The molecule has 0 bridgehead atoms. The Balaban J connectivity index is 2.82. The minimum atomic E-state index is -4.24. The molecule has 2 nitrogen and oxygen atoms in total. The third-order valence-corrected chi connectivity index (χ3v) is 2.06. The molecule has 0 radical (unpaired) electrons. The van der Waals surface area contributed by atoms with Crippen molar-refractivity contribution < 1.29 is 13.2 Å². The molecule has 0 unspecified atom stereocenters. The van der Waals surface area contributed by atoms with Crippen molar-refractivity contribution in [2.75, 3.05) is 0 Å². The summed E-state index contributed by atoms with van der Waals surface area (Å²) in [5.41, 5.74) is 0. The Labute approximate surface area is 83.0 Å². The van der Waals surface area contributed by atoms with Crippen LogP contribution in [0, 0.1) is 0 Å². The van der Waals surface area contributed by atoms with Crippen LogP contribution in [0.15, 0.2) is 15.3 Å². The van der Waals surface area contributed by atoms with Crippen molar-refractivity contribution in [2.24, 2.45) is 0 Å². The van der Waals surface area contributed by atoms with Crippen LogP contribution < -0.4 is 0 Å². The second kappa shape index (κ2) is 3.37. The normalized spacial score (nSPS) is 12.1. The molecule has 0 aromatic carbocycles. The molecule has 0 aliphatic carbocycles. The highest BCUT2D eigenvalue weighted by molar-refractivity contribution is 9.11. The number of halogens is 5. The van der Waals surface area contributed by atoms with Gasteiger partial charge in [-0.15, -0.1) is 0 Å². The summed E-state index contributed by atoms with van der Waals surface area (Å²) >= 11 is 5.90. The Morgan fingerprint density at radius 1 is 1.42 bits per heavy atom. The number of hydrogen-bond acceptors (Lipinski definition) is 1. The maximum atomic E-state index is 11.8. The second-order valence-electron chi connectivity index (χ2n) is 2.06. The van der Waals surface area contributed by atoms with E-state index in [0.717, 1.165) is 4.68 Å². The Hall–Kier alpha value is -0.0400. The molecule has 0 N–H and O–H groups in total. The van der Waals surface area contributed by atoms with Gasteiger partial charge in [-0.05, 0) is 31.9 Å². The Kier molecular flexibility index (Phi) is 2.82. The molecule has 12 heavy (non-hydrogen) atoms. The maximum absolute atomic E-state index is 11.8. The van der Waals surface area contributed by atoms with Crippen molar-refractivity contribution in [3.8, 4) is 0 Å². The topological polar surface area (TPSA) is 17.8 Å². The lowest BCUT2D eigenvalue weighted by atomic mass is 10.6. The van der Waals surface area contributed by atoms with Crippen LogP contribution in [-0.4, -0.2) is 16.0 Å². The summed E-state index contributed by atoms with van der Waals surface area (Å²) in [6, 6.07) is 1.45. The van der Waals surface area contributed by atoms with E-state index in [2.05, 4.69) is 37.0 Å². The minimum absolute atomic E-state index is 0.298. The summed E-state index contributed by atoms with van der Waals surface area (Å²) < 4.78 is 37.0. The molecule has 0 atom stereocenters. The molecular weight excluding hydrogens is 305 g/mol. The SMILES string of the molecule is FC(F)(F)Cn1nc(Br)cc1Br. The van der Waals surface area contributed by atoms with Crippen LogP contribution in [0.25, 0.3) is 0 Å². The van der Waals surface area contributed by atoms with E-state index in [1.807, 2.05) is 0 Å². The molecule has 0 aliphatic rings. The van der Waals surface area contributed by atoms with Crippen LogP contribution in [0.4, 0.5) is 13.2 Å². The third kappa shape index (κ3) is 2.78. The van der Waals surface area contributed by atoms with Gasteiger partial charge in [0.25, 0.3) is 0 Å². The molecule has 68 valence electrons. The predicted octanol–water partition coefficient (Wildman–Crippen LogP) is 2.97. The number of nitrogens with zero attached hydrogens (tertiary/aromatic N) is 2. The van der Waals surface area contributed by atoms with Gasteiger partial charge >= 0.3 is 6.18 Å². The highest BCUT2D eigenvalue weighted by atomic mass is 79.9. The quantitative estimate of drug-likeness (QED) is 0.780. The van der Waals surface area contributed by atoms with E-state index in [4.69, 9.17) is 0 Å². The van der Waals surface area contributed by atoms with Gasteiger partial charge in [0.15, 0.2) is 0 Å². The minimum Gasteiger partial charge on any atom is -0.248 e. The molecular formula is C5H3Br2F3N2. The second-order valence-corrected chi connectivity index (χ2v) is 3.69. The molecule has 0 aliphatic heterocycles. The van der Waals surface area contributed by atoms with Crippen LogP contribution in [0.1, 0.15) is 0 Å². The molecule has 7 heteroatoms. The molecule has 0 amide bonds. The van der Waals surface area contributed by atoms with E-state index >= 15 is 0 Å². The monoisotopic (exact) mass is 306 g/mol. The fraction of sp³-hybridized carbons (Fsp3) is 0.400. The highest BCUT2D eigenvalue weighted by Gasteiger charge is 2.29. The Morgan fingerprint density at radius 2 is 2.00 bits per heavy atom. The van der Waals surface area contributed by atoms with Crippen molar-refractivity contribution in [1.29, 1.82) is 0 Å². The lowest BCUT2D eigenvalue weighted by Crippen LogP contribution is -2.18. The first-order valence-electron chi connectivity index (χ1n) is 2.84. The average Bonchev–Trinajstić information content (AvgIpc) is 2.06. The van der Waals surface area contributed by atoms with E-state index in [1.165, 1.54) is 6.07 Å². The predicted molar refractivity (Wildman–Crippen MR) is 43.7 cm³/mol. The van der Waals surface area contributed by atoms with Gasteiger partial charge in [-0.1, -0.05) is 0 Å². The zero-order valence-corrected chi connectivity index (χ0v) is 8.74. The van der Waals surface area contributed by atoms with Crippen molar-refractivity contribution in [2.45, 2.75) is 12.7 Å². The first-order chi connectivity index (χ1) is 5.38. The van der Waals surface area contributed by atoms with Gasteiger partial charge in [0, 0.05) is 6.07 Å². The van der Waals surface area contributed by atoms with E-state index in [-0.39, 0.29) is 0 Å². The maximum Gasteiger partial charge on any atom is 0.408 e. The highest BCUT2D eigenvalue weighted by Crippen LogP contribution is 2.22. The van der Waals surface area contributed by atoms with Gasteiger partial charge in [0.1, 0.15) is 15.8 Å². The standard InChI is InChI=1S/C5H3Br2F3N2/c6-3-1-4(7)12(11-3)2-5(8,9)10/h1H,2H2. The molecule has 0 spiro atoms. The molecule has 0 saturated heterocycles. The summed E-state index contributed by atoms with van der Waals surface area (Å²) in [5.74, 6) is 0. The third-order valence-electron chi connectivity index (χ3n) is 1.03. The molecule has 1 aromatic rings. The molecule has 1 aromatic heterocycles. The van der Waals surface area contributed by atoms with Crippen LogP contribution in [-0.2, 0) is 6.54 Å². The summed E-state index contributed by atoms with van der Waals surface area (Å²) in [7, 11) is 0. The number of rotatable bonds is 1. The first kappa shape index (κ1) is 10.0. The zero-order chi connectivity index (χ0) is 9.35.